The smallest absolute Gasteiger partial charge is 0.258 e. The molecule has 24 heavy (non-hydrogen) atoms. The predicted octanol–water partition coefficient (Wildman–Crippen LogP) is 3.95. The van der Waals surface area contributed by atoms with E-state index in [9.17, 15) is 4.79 Å². The lowest BCUT2D eigenvalue weighted by Gasteiger charge is -2.17. The molecular formula is C19H21N3O2. The molecule has 5 nitrogen and oxygen atoms in total. The summed E-state index contributed by atoms with van der Waals surface area (Å²) in [5.74, 6) is -0.149. The zero-order valence-electron chi connectivity index (χ0n) is 14.6. The first-order valence-corrected chi connectivity index (χ1v) is 7.98. The van der Waals surface area contributed by atoms with Gasteiger partial charge in [-0.2, -0.15) is 0 Å². The molecule has 3 aromatic rings. The van der Waals surface area contributed by atoms with Crippen molar-refractivity contribution in [2.75, 3.05) is 0 Å². The fourth-order valence-corrected chi connectivity index (χ4v) is 3.06. The van der Waals surface area contributed by atoms with Crippen LogP contribution in [0.1, 0.15) is 51.4 Å². The molecule has 0 fully saturated rings. The fraction of sp³-hybridized carbons (Fsp3) is 0.316. The molecule has 1 amide bonds. The molecule has 2 aromatic heterocycles. The largest absolute Gasteiger partial charge is 0.345 e. The van der Waals surface area contributed by atoms with Gasteiger partial charge in [0.1, 0.15) is 0 Å². The van der Waals surface area contributed by atoms with Crippen LogP contribution in [-0.4, -0.2) is 16.0 Å². The summed E-state index contributed by atoms with van der Waals surface area (Å²) < 4.78 is 5.20. The van der Waals surface area contributed by atoms with Crippen molar-refractivity contribution < 1.29 is 9.32 Å². The SMILES string of the molecule is Cc1ccc([C@@H](C)NC(=O)c2cc(C)nc3onc(C)c23)c(C)c1. The average molecular weight is 323 g/mol. The molecule has 0 bridgehead atoms. The first kappa shape index (κ1) is 16.2. The van der Waals surface area contributed by atoms with E-state index >= 15 is 0 Å². The zero-order chi connectivity index (χ0) is 17.4. The van der Waals surface area contributed by atoms with E-state index in [0.29, 0.717) is 22.4 Å². The van der Waals surface area contributed by atoms with Crippen LogP contribution >= 0.6 is 0 Å². The van der Waals surface area contributed by atoms with Crippen molar-refractivity contribution in [3.05, 3.63) is 57.9 Å². The number of pyridine rings is 1. The minimum Gasteiger partial charge on any atom is -0.345 e. The van der Waals surface area contributed by atoms with E-state index in [0.717, 1.165) is 11.3 Å². The standard InChI is InChI=1S/C19H21N3O2/c1-10-6-7-15(11(2)8-10)13(4)21-18(23)16-9-12(3)20-19-17(16)14(5)22-24-19/h6-9,13H,1-5H3,(H,21,23)/t13-/m1/s1. The Hall–Kier alpha value is -2.69. The normalized spacial score (nSPS) is 12.4. The fourth-order valence-electron chi connectivity index (χ4n) is 3.06. The summed E-state index contributed by atoms with van der Waals surface area (Å²) in [5, 5.41) is 7.67. The highest BCUT2D eigenvalue weighted by atomic mass is 16.5. The van der Waals surface area contributed by atoms with Crippen LogP contribution in [0.4, 0.5) is 0 Å². The Bertz CT molecular complexity index is 928. The van der Waals surface area contributed by atoms with Gasteiger partial charge in [0.05, 0.1) is 22.7 Å². The van der Waals surface area contributed by atoms with E-state index in [1.807, 2.05) is 20.8 Å². The minimum absolute atomic E-state index is 0.0956. The molecule has 1 aromatic carbocycles. The summed E-state index contributed by atoms with van der Waals surface area (Å²) in [6.07, 6.45) is 0. The molecule has 0 aliphatic heterocycles. The summed E-state index contributed by atoms with van der Waals surface area (Å²) in [6, 6.07) is 7.92. The summed E-state index contributed by atoms with van der Waals surface area (Å²) in [7, 11) is 0. The van der Waals surface area contributed by atoms with Gasteiger partial charge < -0.3 is 9.84 Å². The predicted molar refractivity (Wildman–Crippen MR) is 93.1 cm³/mol. The molecule has 0 saturated heterocycles. The highest BCUT2D eigenvalue weighted by molar-refractivity contribution is 6.06. The number of nitrogens with one attached hydrogen (secondary N) is 1. The van der Waals surface area contributed by atoms with Gasteiger partial charge in [-0.05, 0) is 51.8 Å². The number of amides is 1. The van der Waals surface area contributed by atoms with Gasteiger partial charge in [0.25, 0.3) is 11.6 Å². The minimum atomic E-state index is -0.149. The van der Waals surface area contributed by atoms with Crippen LogP contribution in [0, 0.1) is 27.7 Å². The first-order valence-electron chi connectivity index (χ1n) is 7.98. The zero-order valence-corrected chi connectivity index (χ0v) is 14.6. The molecule has 1 atom stereocenters. The summed E-state index contributed by atoms with van der Waals surface area (Å²) in [4.78, 5) is 17.1. The number of benzene rings is 1. The average Bonchev–Trinajstić information content (AvgIpc) is 2.87. The van der Waals surface area contributed by atoms with Crippen LogP contribution in [0.5, 0.6) is 0 Å². The number of rotatable bonds is 3. The van der Waals surface area contributed by atoms with Crippen LogP contribution in [-0.2, 0) is 0 Å². The third kappa shape index (κ3) is 2.89. The van der Waals surface area contributed by atoms with Gasteiger partial charge in [0.2, 0.25) is 0 Å². The number of aromatic nitrogens is 2. The lowest BCUT2D eigenvalue weighted by Crippen LogP contribution is -2.27. The number of carbonyl (C=O) groups is 1. The summed E-state index contributed by atoms with van der Waals surface area (Å²) >= 11 is 0. The van der Waals surface area contributed by atoms with Gasteiger partial charge in [-0.3, -0.25) is 4.79 Å². The van der Waals surface area contributed by atoms with Crippen molar-refractivity contribution >= 4 is 17.0 Å². The van der Waals surface area contributed by atoms with Gasteiger partial charge >= 0.3 is 0 Å². The Morgan fingerprint density at radius 3 is 2.62 bits per heavy atom. The van der Waals surface area contributed by atoms with Crippen molar-refractivity contribution in [3.8, 4) is 0 Å². The van der Waals surface area contributed by atoms with Crippen molar-refractivity contribution in [1.82, 2.24) is 15.5 Å². The Balaban J connectivity index is 1.94. The molecule has 2 heterocycles. The first-order chi connectivity index (χ1) is 11.4. The Kier molecular flexibility index (Phi) is 4.09. The maximum atomic E-state index is 12.8. The molecule has 0 spiro atoms. The molecular weight excluding hydrogens is 302 g/mol. The summed E-state index contributed by atoms with van der Waals surface area (Å²) in [6.45, 7) is 9.76. The van der Waals surface area contributed by atoms with Gasteiger partial charge in [-0.25, -0.2) is 4.98 Å². The van der Waals surface area contributed by atoms with E-state index < -0.39 is 0 Å². The van der Waals surface area contributed by atoms with E-state index in [1.54, 1.807) is 6.07 Å². The van der Waals surface area contributed by atoms with Crippen LogP contribution in [0.25, 0.3) is 11.1 Å². The third-order valence-corrected chi connectivity index (χ3v) is 4.23. The lowest BCUT2D eigenvalue weighted by molar-refractivity contribution is 0.0941. The Labute approximate surface area is 141 Å². The molecule has 3 rings (SSSR count). The van der Waals surface area contributed by atoms with Crippen molar-refractivity contribution in [2.24, 2.45) is 0 Å². The van der Waals surface area contributed by atoms with E-state index in [4.69, 9.17) is 4.52 Å². The topological polar surface area (TPSA) is 68.0 Å². The van der Waals surface area contributed by atoms with Gasteiger partial charge in [0.15, 0.2) is 0 Å². The molecule has 5 heteroatoms. The second kappa shape index (κ2) is 6.07. The van der Waals surface area contributed by atoms with Crippen LogP contribution < -0.4 is 5.32 Å². The Morgan fingerprint density at radius 1 is 1.17 bits per heavy atom. The highest BCUT2D eigenvalue weighted by Crippen LogP contribution is 2.24. The van der Waals surface area contributed by atoms with Crippen molar-refractivity contribution in [1.29, 1.82) is 0 Å². The van der Waals surface area contributed by atoms with Crippen molar-refractivity contribution in [3.63, 3.8) is 0 Å². The summed E-state index contributed by atoms with van der Waals surface area (Å²) in [5.41, 5.74) is 5.83. The monoisotopic (exact) mass is 323 g/mol. The van der Waals surface area contributed by atoms with Crippen molar-refractivity contribution in [2.45, 2.75) is 40.7 Å². The molecule has 124 valence electrons. The third-order valence-electron chi connectivity index (χ3n) is 4.23. The second-order valence-electron chi connectivity index (χ2n) is 6.31. The number of fused-ring (bicyclic) bond motifs is 1. The maximum Gasteiger partial charge on any atom is 0.258 e. The molecule has 1 N–H and O–H groups in total. The quantitative estimate of drug-likeness (QED) is 0.792. The second-order valence-corrected chi connectivity index (χ2v) is 6.31. The number of nitrogens with zero attached hydrogens (tertiary/aromatic N) is 2. The van der Waals surface area contributed by atoms with Crippen LogP contribution in [0.2, 0.25) is 0 Å². The van der Waals surface area contributed by atoms with Gasteiger partial charge in [-0.15, -0.1) is 0 Å². The van der Waals surface area contributed by atoms with E-state index in [-0.39, 0.29) is 11.9 Å². The highest BCUT2D eigenvalue weighted by Gasteiger charge is 2.20. The molecule has 0 aliphatic carbocycles. The molecule has 0 unspecified atom stereocenters. The number of aryl methyl sites for hydroxylation is 4. The number of hydrogen-bond acceptors (Lipinski definition) is 4. The van der Waals surface area contributed by atoms with Crippen LogP contribution in [0.3, 0.4) is 0 Å². The molecule has 0 radical (unpaired) electrons. The molecule has 0 aliphatic rings. The number of hydrogen-bond donors (Lipinski definition) is 1. The van der Waals surface area contributed by atoms with Crippen LogP contribution in [0.15, 0.2) is 28.8 Å². The van der Waals surface area contributed by atoms with E-state index in [2.05, 4.69) is 47.5 Å². The van der Waals surface area contributed by atoms with E-state index in [1.165, 1.54) is 11.1 Å². The Morgan fingerprint density at radius 2 is 1.92 bits per heavy atom. The maximum absolute atomic E-state index is 12.8. The lowest BCUT2D eigenvalue weighted by atomic mass is 10.00. The molecule has 0 saturated carbocycles. The van der Waals surface area contributed by atoms with Gasteiger partial charge in [-0.1, -0.05) is 28.9 Å². The number of carbonyl (C=O) groups excluding carboxylic acids is 1. The van der Waals surface area contributed by atoms with Gasteiger partial charge in [0, 0.05) is 5.69 Å².